The van der Waals surface area contributed by atoms with Gasteiger partial charge in [-0.05, 0) is 19.1 Å². The van der Waals surface area contributed by atoms with Crippen LogP contribution in [0.1, 0.15) is 5.56 Å². The van der Waals surface area contributed by atoms with Gasteiger partial charge in [0.2, 0.25) is 0 Å². The van der Waals surface area contributed by atoms with Gasteiger partial charge in [0.1, 0.15) is 0 Å². The van der Waals surface area contributed by atoms with Crippen LogP contribution in [0.5, 0.6) is 0 Å². The molecule has 12 heavy (non-hydrogen) atoms. The normalized spacial score (nSPS) is 11.3. The smallest absolute Gasteiger partial charge is 0.154 e. The highest BCUT2D eigenvalue weighted by Gasteiger charge is 1.94. The molecule has 0 saturated carbocycles. The Labute approximate surface area is 71.1 Å². The second-order valence-electron chi connectivity index (χ2n) is 2.43. The fourth-order valence-electron chi connectivity index (χ4n) is 0.821. The van der Waals surface area contributed by atoms with Crippen molar-refractivity contribution >= 4 is 5.69 Å². The summed E-state index contributed by atoms with van der Waals surface area (Å²) in [6.45, 7) is 1.97. The van der Waals surface area contributed by atoms with Gasteiger partial charge in [-0.3, -0.25) is 0 Å². The van der Waals surface area contributed by atoms with Crippen LogP contribution < -0.4 is 5.43 Å². The van der Waals surface area contributed by atoms with E-state index in [9.17, 15) is 5.21 Å². The summed E-state index contributed by atoms with van der Waals surface area (Å²) in [4.78, 5) is 0.541. The summed E-state index contributed by atoms with van der Waals surface area (Å²) in [5.74, 6) is 0. The van der Waals surface area contributed by atoms with Crippen LogP contribution in [0.3, 0.4) is 0 Å². The van der Waals surface area contributed by atoms with Crippen molar-refractivity contribution in [2.75, 3.05) is 7.05 Å². The van der Waals surface area contributed by atoms with Crippen LogP contribution in [0, 0.1) is 12.1 Å². The van der Waals surface area contributed by atoms with Crippen LogP contribution in [-0.2, 0) is 0 Å². The second kappa shape index (κ2) is 3.71. The second-order valence-corrected chi connectivity index (χ2v) is 2.43. The minimum Gasteiger partial charge on any atom is -0.691 e. The SMILES string of the molecule is CN/N=[N+](\[O-])c1ccc(C)cc1. The van der Waals surface area contributed by atoms with E-state index in [0.717, 1.165) is 5.56 Å². The zero-order valence-corrected chi connectivity index (χ0v) is 7.11. The monoisotopic (exact) mass is 165 g/mol. The fourth-order valence-corrected chi connectivity index (χ4v) is 0.821. The van der Waals surface area contributed by atoms with Gasteiger partial charge in [0, 0.05) is 0 Å². The van der Waals surface area contributed by atoms with Gasteiger partial charge in [-0.25, -0.2) is 0 Å². The molecule has 1 aromatic carbocycles. The van der Waals surface area contributed by atoms with Crippen molar-refractivity contribution < 1.29 is 4.86 Å². The highest BCUT2D eigenvalue weighted by Crippen LogP contribution is 2.11. The molecule has 0 aromatic heterocycles. The number of hydrogen-bond acceptors (Lipinski definition) is 2. The maximum atomic E-state index is 11.0. The van der Waals surface area contributed by atoms with Crippen LogP contribution in [0.15, 0.2) is 29.5 Å². The molecule has 0 aliphatic carbocycles. The first kappa shape index (κ1) is 8.52. The maximum absolute atomic E-state index is 11.0. The molecule has 0 saturated heterocycles. The lowest BCUT2D eigenvalue weighted by molar-refractivity contribution is -0.447. The molecule has 0 unspecified atom stereocenters. The first-order valence-electron chi connectivity index (χ1n) is 3.65. The van der Waals surface area contributed by atoms with E-state index in [2.05, 4.69) is 10.6 Å². The van der Waals surface area contributed by atoms with Crippen molar-refractivity contribution in [1.29, 1.82) is 0 Å². The van der Waals surface area contributed by atoms with E-state index < -0.39 is 0 Å². The van der Waals surface area contributed by atoms with Crippen LogP contribution >= 0.6 is 0 Å². The highest BCUT2D eigenvalue weighted by molar-refractivity contribution is 5.31. The van der Waals surface area contributed by atoms with Crippen molar-refractivity contribution in [2.24, 2.45) is 5.22 Å². The van der Waals surface area contributed by atoms with Gasteiger partial charge in [-0.15, -0.1) is 4.86 Å². The quantitative estimate of drug-likeness (QED) is 0.412. The molecule has 1 N–H and O–H groups in total. The number of rotatable bonds is 2. The molecule has 0 amide bonds. The largest absolute Gasteiger partial charge is 0.691 e. The first-order chi connectivity index (χ1) is 5.74. The molecule has 1 aromatic rings. The summed E-state index contributed by atoms with van der Waals surface area (Å²) in [5, 5.41) is 14.5. The van der Waals surface area contributed by atoms with E-state index >= 15 is 0 Å². The Morgan fingerprint density at radius 1 is 1.33 bits per heavy atom. The average Bonchev–Trinajstić information content (AvgIpc) is 2.06. The Balaban J connectivity index is 2.89. The number of nitrogens with zero attached hydrogens (tertiary/aromatic N) is 2. The molecule has 0 spiro atoms. The third-order valence-corrected chi connectivity index (χ3v) is 1.45. The fraction of sp³-hybridized carbons (Fsp3) is 0.250. The molecule has 0 bridgehead atoms. The van der Waals surface area contributed by atoms with Crippen molar-refractivity contribution in [2.45, 2.75) is 6.92 Å². The van der Waals surface area contributed by atoms with Crippen molar-refractivity contribution in [3.05, 3.63) is 35.0 Å². The number of nitrogens with one attached hydrogen (secondary N) is 1. The van der Waals surface area contributed by atoms with Gasteiger partial charge < -0.3 is 5.21 Å². The molecule has 0 atom stereocenters. The van der Waals surface area contributed by atoms with E-state index in [4.69, 9.17) is 0 Å². The Bertz CT molecular complexity index is 279. The molecule has 0 aliphatic heterocycles. The van der Waals surface area contributed by atoms with Crippen molar-refractivity contribution in [3.8, 4) is 0 Å². The third kappa shape index (κ3) is 1.95. The lowest BCUT2D eigenvalue weighted by Crippen LogP contribution is -2.01. The highest BCUT2D eigenvalue weighted by atomic mass is 16.5. The molecule has 64 valence electrons. The molecular formula is C8H11N3O. The van der Waals surface area contributed by atoms with E-state index in [1.165, 1.54) is 0 Å². The maximum Gasteiger partial charge on any atom is 0.154 e. The summed E-state index contributed by atoms with van der Waals surface area (Å²) in [5.41, 5.74) is 4.06. The Hall–Kier alpha value is -1.58. The van der Waals surface area contributed by atoms with Crippen LogP contribution in [-0.4, -0.2) is 11.9 Å². The molecule has 0 radical (unpaired) electrons. The molecule has 4 heteroatoms. The summed E-state index contributed by atoms with van der Waals surface area (Å²) < 4.78 is 0. The first-order valence-corrected chi connectivity index (χ1v) is 3.65. The van der Waals surface area contributed by atoms with Crippen molar-refractivity contribution in [1.82, 2.24) is 5.43 Å². The van der Waals surface area contributed by atoms with Crippen LogP contribution in [0.25, 0.3) is 0 Å². The van der Waals surface area contributed by atoms with Crippen LogP contribution in [0.2, 0.25) is 0 Å². The lowest BCUT2D eigenvalue weighted by Gasteiger charge is -2.04. The lowest BCUT2D eigenvalue weighted by atomic mass is 10.2. The zero-order chi connectivity index (χ0) is 8.97. The predicted molar refractivity (Wildman–Crippen MR) is 46.0 cm³/mol. The average molecular weight is 165 g/mol. The van der Waals surface area contributed by atoms with Crippen LogP contribution in [0.4, 0.5) is 5.69 Å². The Morgan fingerprint density at radius 2 is 1.92 bits per heavy atom. The van der Waals surface area contributed by atoms with E-state index in [1.807, 2.05) is 19.1 Å². The number of hydrogen-bond donors (Lipinski definition) is 1. The topological polar surface area (TPSA) is 50.5 Å². The molecule has 0 fully saturated rings. The molecule has 0 aliphatic rings. The minimum atomic E-state index is 0.523. The minimum absolute atomic E-state index is 0.523. The van der Waals surface area contributed by atoms with E-state index in [1.54, 1.807) is 19.2 Å². The van der Waals surface area contributed by atoms with Gasteiger partial charge in [0.15, 0.2) is 5.69 Å². The van der Waals surface area contributed by atoms with Gasteiger partial charge in [0.05, 0.1) is 12.3 Å². The summed E-state index contributed by atoms with van der Waals surface area (Å²) in [6.07, 6.45) is 0. The molecular weight excluding hydrogens is 154 g/mol. The number of aryl methyl sites for hydroxylation is 1. The molecule has 1 rings (SSSR count). The molecule has 0 heterocycles. The Kier molecular flexibility index (Phi) is 2.63. The van der Waals surface area contributed by atoms with Crippen molar-refractivity contribution in [3.63, 3.8) is 0 Å². The molecule has 4 nitrogen and oxygen atoms in total. The third-order valence-electron chi connectivity index (χ3n) is 1.45. The number of benzene rings is 1. The zero-order valence-electron chi connectivity index (χ0n) is 7.11. The Morgan fingerprint density at radius 3 is 2.42 bits per heavy atom. The van der Waals surface area contributed by atoms with Gasteiger partial charge in [0.25, 0.3) is 0 Å². The summed E-state index contributed by atoms with van der Waals surface area (Å²) in [6, 6.07) is 7.18. The van der Waals surface area contributed by atoms with E-state index in [-0.39, 0.29) is 0 Å². The summed E-state index contributed by atoms with van der Waals surface area (Å²) in [7, 11) is 1.58. The standard InChI is InChI=1S/C8H11N3O/c1-7-3-5-8(6-4-7)11(12)10-9-2/h3-6,9H,1-2H3/b11-10-. The summed E-state index contributed by atoms with van der Waals surface area (Å²) >= 11 is 0. The predicted octanol–water partition coefficient (Wildman–Crippen LogP) is 1.72. The van der Waals surface area contributed by atoms with E-state index in [0.29, 0.717) is 10.5 Å². The van der Waals surface area contributed by atoms with Gasteiger partial charge >= 0.3 is 0 Å². The van der Waals surface area contributed by atoms with Gasteiger partial charge in [-0.1, -0.05) is 17.7 Å². The van der Waals surface area contributed by atoms with Gasteiger partial charge in [-0.2, -0.15) is 5.43 Å².